The van der Waals surface area contributed by atoms with Crippen LogP contribution >= 0.6 is 0 Å². The second kappa shape index (κ2) is 8.57. The number of alkyl halides is 3. The SMILES string of the molecule is CN(C)c1cc(C(F)(F)F)nc(NCC(C2CCOC2)N2CCOCC2)n1. The number of hydrogen-bond donors (Lipinski definition) is 1. The lowest BCUT2D eigenvalue weighted by Gasteiger charge is -2.37. The first-order valence-electron chi connectivity index (χ1n) is 9.11. The summed E-state index contributed by atoms with van der Waals surface area (Å²) in [6.07, 6.45) is -3.58. The second-order valence-corrected chi connectivity index (χ2v) is 7.05. The maximum absolute atomic E-state index is 13.2. The van der Waals surface area contributed by atoms with Gasteiger partial charge in [-0.3, -0.25) is 4.90 Å². The molecule has 2 atom stereocenters. The highest BCUT2D eigenvalue weighted by Crippen LogP contribution is 2.30. The number of nitrogens with zero attached hydrogens (tertiary/aromatic N) is 4. The summed E-state index contributed by atoms with van der Waals surface area (Å²) >= 11 is 0. The van der Waals surface area contributed by atoms with Gasteiger partial charge in [0.25, 0.3) is 0 Å². The number of hydrogen-bond acceptors (Lipinski definition) is 7. The number of rotatable bonds is 6. The molecular formula is C17H26F3N5O2. The molecule has 3 heterocycles. The zero-order valence-electron chi connectivity index (χ0n) is 15.6. The van der Waals surface area contributed by atoms with E-state index in [0.717, 1.165) is 32.2 Å². The second-order valence-electron chi connectivity index (χ2n) is 7.05. The van der Waals surface area contributed by atoms with Gasteiger partial charge in [-0.15, -0.1) is 0 Å². The minimum absolute atomic E-state index is 0.00861. The van der Waals surface area contributed by atoms with Crippen LogP contribution in [-0.4, -0.2) is 81.1 Å². The van der Waals surface area contributed by atoms with E-state index in [0.29, 0.717) is 32.3 Å². The van der Waals surface area contributed by atoms with E-state index in [1.165, 1.54) is 4.90 Å². The lowest BCUT2D eigenvalue weighted by molar-refractivity contribution is -0.141. The largest absolute Gasteiger partial charge is 0.433 e. The fraction of sp³-hybridized carbons (Fsp3) is 0.765. The summed E-state index contributed by atoms with van der Waals surface area (Å²) < 4.78 is 50.5. The standard InChI is InChI=1S/C17H26F3N5O2/c1-24(2)15-9-14(17(18,19)20)22-16(23-15)21-10-13(12-3-6-27-11-12)25-4-7-26-8-5-25/h9,12-13H,3-8,10-11H2,1-2H3,(H,21,22,23). The van der Waals surface area contributed by atoms with E-state index in [1.54, 1.807) is 14.1 Å². The quantitative estimate of drug-likeness (QED) is 0.795. The van der Waals surface area contributed by atoms with Crippen LogP contribution in [0.3, 0.4) is 0 Å². The normalized spacial score (nSPS) is 22.6. The molecule has 27 heavy (non-hydrogen) atoms. The lowest BCUT2D eigenvalue weighted by Crippen LogP contribution is -2.50. The molecule has 1 aromatic rings. The average molecular weight is 389 g/mol. The third-order valence-electron chi connectivity index (χ3n) is 4.95. The zero-order valence-corrected chi connectivity index (χ0v) is 15.6. The van der Waals surface area contributed by atoms with E-state index < -0.39 is 11.9 Å². The van der Waals surface area contributed by atoms with Crippen molar-refractivity contribution in [3.63, 3.8) is 0 Å². The van der Waals surface area contributed by atoms with Gasteiger partial charge < -0.3 is 19.7 Å². The first kappa shape index (κ1) is 20.1. The molecule has 1 N–H and O–H groups in total. The molecule has 0 radical (unpaired) electrons. The Labute approximate surface area is 156 Å². The molecule has 0 spiro atoms. The molecule has 7 nitrogen and oxygen atoms in total. The monoisotopic (exact) mass is 389 g/mol. The van der Waals surface area contributed by atoms with Gasteiger partial charge in [0, 0.05) is 58.4 Å². The van der Waals surface area contributed by atoms with Crippen LogP contribution in [0.5, 0.6) is 0 Å². The van der Waals surface area contributed by atoms with E-state index in [1.807, 2.05) is 0 Å². The third kappa shape index (κ3) is 5.20. The van der Waals surface area contributed by atoms with Gasteiger partial charge in [-0.1, -0.05) is 0 Å². The molecule has 10 heteroatoms. The number of aromatic nitrogens is 2. The number of morpholine rings is 1. The van der Waals surface area contributed by atoms with Crippen LogP contribution in [0.2, 0.25) is 0 Å². The summed E-state index contributed by atoms with van der Waals surface area (Å²) in [5, 5.41) is 3.04. The predicted octanol–water partition coefficient (Wildman–Crippen LogP) is 1.71. The van der Waals surface area contributed by atoms with E-state index in [4.69, 9.17) is 9.47 Å². The Bertz CT molecular complexity index is 617. The molecule has 2 aliphatic heterocycles. The number of ether oxygens (including phenoxy) is 2. The zero-order chi connectivity index (χ0) is 19.4. The molecule has 1 aromatic heterocycles. The first-order chi connectivity index (χ1) is 12.8. The molecule has 0 aromatic carbocycles. The number of nitrogens with one attached hydrogen (secondary N) is 1. The molecule has 0 amide bonds. The Morgan fingerprint density at radius 3 is 2.56 bits per heavy atom. The molecule has 0 bridgehead atoms. The summed E-state index contributed by atoms with van der Waals surface area (Å²) in [7, 11) is 3.30. The van der Waals surface area contributed by atoms with E-state index in [-0.39, 0.29) is 17.8 Å². The van der Waals surface area contributed by atoms with Gasteiger partial charge in [0.2, 0.25) is 5.95 Å². The van der Waals surface area contributed by atoms with Crippen molar-refractivity contribution in [1.29, 1.82) is 0 Å². The van der Waals surface area contributed by atoms with Gasteiger partial charge in [0.05, 0.1) is 19.8 Å². The molecular weight excluding hydrogens is 363 g/mol. The summed E-state index contributed by atoms with van der Waals surface area (Å²) in [5.74, 6) is 0.535. The Hall–Kier alpha value is -1.65. The van der Waals surface area contributed by atoms with Crippen LogP contribution < -0.4 is 10.2 Å². The van der Waals surface area contributed by atoms with Crippen molar-refractivity contribution in [2.45, 2.75) is 18.6 Å². The van der Waals surface area contributed by atoms with Crippen molar-refractivity contribution in [3.05, 3.63) is 11.8 Å². The van der Waals surface area contributed by atoms with Crippen molar-refractivity contribution in [3.8, 4) is 0 Å². The fourth-order valence-electron chi connectivity index (χ4n) is 3.44. The van der Waals surface area contributed by atoms with Gasteiger partial charge >= 0.3 is 6.18 Å². The van der Waals surface area contributed by atoms with Crippen LogP contribution in [0.15, 0.2) is 6.07 Å². The average Bonchev–Trinajstić information content (AvgIpc) is 3.16. The van der Waals surface area contributed by atoms with Crippen LogP contribution in [0.1, 0.15) is 12.1 Å². The summed E-state index contributed by atoms with van der Waals surface area (Å²) in [5.41, 5.74) is -0.948. The van der Waals surface area contributed by atoms with E-state index in [9.17, 15) is 13.2 Å². The van der Waals surface area contributed by atoms with Crippen LogP contribution in [0.4, 0.5) is 24.9 Å². The Morgan fingerprint density at radius 1 is 1.22 bits per heavy atom. The molecule has 0 aliphatic carbocycles. The molecule has 2 saturated heterocycles. The Morgan fingerprint density at radius 2 is 1.96 bits per heavy atom. The van der Waals surface area contributed by atoms with Gasteiger partial charge in [0.1, 0.15) is 5.82 Å². The number of anilines is 2. The van der Waals surface area contributed by atoms with E-state index in [2.05, 4.69) is 20.2 Å². The van der Waals surface area contributed by atoms with Crippen LogP contribution in [0.25, 0.3) is 0 Å². The Kier molecular flexibility index (Phi) is 6.38. The highest BCUT2D eigenvalue weighted by molar-refractivity contribution is 5.44. The fourth-order valence-corrected chi connectivity index (χ4v) is 3.44. The highest BCUT2D eigenvalue weighted by Gasteiger charge is 2.35. The summed E-state index contributed by atoms with van der Waals surface area (Å²) in [6, 6.07) is 1.09. The smallest absolute Gasteiger partial charge is 0.381 e. The van der Waals surface area contributed by atoms with E-state index >= 15 is 0 Å². The third-order valence-corrected chi connectivity index (χ3v) is 4.95. The van der Waals surface area contributed by atoms with Crippen LogP contribution in [-0.2, 0) is 15.7 Å². The molecule has 3 rings (SSSR count). The summed E-state index contributed by atoms with van der Waals surface area (Å²) in [6.45, 7) is 4.77. The lowest BCUT2D eigenvalue weighted by atomic mass is 9.97. The van der Waals surface area contributed by atoms with Gasteiger partial charge in [0.15, 0.2) is 5.69 Å². The number of halogens is 3. The van der Waals surface area contributed by atoms with Crippen molar-refractivity contribution < 1.29 is 22.6 Å². The molecule has 2 aliphatic rings. The van der Waals surface area contributed by atoms with Crippen molar-refractivity contribution in [2.24, 2.45) is 5.92 Å². The highest BCUT2D eigenvalue weighted by atomic mass is 19.4. The van der Waals surface area contributed by atoms with Gasteiger partial charge in [-0.2, -0.15) is 18.2 Å². The van der Waals surface area contributed by atoms with Crippen molar-refractivity contribution in [1.82, 2.24) is 14.9 Å². The van der Waals surface area contributed by atoms with Crippen LogP contribution in [0, 0.1) is 5.92 Å². The minimum atomic E-state index is -4.52. The topological polar surface area (TPSA) is 62.8 Å². The first-order valence-corrected chi connectivity index (χ1v) is 9.11. The van der Waals surface area contributed by atoms with Crippen molar-refractivity contribution >= 4 is 11.8 Å². The Balaban J connectivity index is 1.76. The van der Waals surface area contributed by atoms with Crippen molar-refractivity contribution in [2.75, 3.05) is 70.4 Å². The van der Waals surface area contributed by atoms with Gasteiger partial charge in [-0.05, 0) is 6.42 Å². The van der Waals surface area contributed by atoms with Gasteiger partial charge in [-0.25, -0.2) is 4.98 Å². The molecule has 0 saturated carbocycles. The minimum Gasteiger partial charge on any atom is -0.381 e. The molecule has 152 valence electrons. The maximum atomic E-state index is 13.2. The summed E-state index contributed by atoms with van der Waals surface area (Å²) in [4.78, 5) is 11.8. The predicted molar refractivity (Wildman–Crippen MR) is 95.0 cm³/mol. The molecule has 2 unspecified atom stereocenters. The maximum Gasteiger partial charge on any atom is 0.433 e. The molecule has 2 fully saturated rings.